The smallest absolute Gasteiger partial charge is 0.138 e. The van der Waals surface area contributed by atoms with Crippen LogP contribution in [0.15, 0.2) is 144 Å². The molecule has 4 heteroatoms. The number of nitrogens with zero attached hydrogens (tertiary/aromatic N) is 2. The van der Waals surface area contributed by atoms with Crippen LogP contribution in [0.2, 0.25) is 0 Å². The van der Waals surface area contributed by atoms with E-state index < -0.39 is 6.04 Å². The molecule has 5 aromatic carbocycles. The minimum absolute atomic E-state index is 0. The Morgan fingerprint density at radius 2 is 1.51 bits per heavy atom. The fraction of sp³-hybridized carbons (Fsp3) is 0.0732. The molecular weight excluding hydrogens is 729 g/mol. The van der Waals surface area contributed by atoms with Crippen LogP contribution in [-0.2, 0) is 20.1 Å². The molecule has 0 spiro atoms. The molecular formula is C41H30IrN2O-2. The second kappa shape index (κ2) is 13.4. The molecule has 0 aliphatic carbocycles. The average molecular weight is 764 g/mol. The van der Waals surface area contributed by atoms with Gasteiger partial charge in [-0.25, -0.2) is 0 Å². The zero-order valence-electron chi connectivity index (χ0n) is 29.6. The topological polar surface area (TPSA) is 38.9 Å². The summed E-state index contributed by atoms with van der Waals surface area (Å²) >= 11 is 0. The Morgan fingerprint density at radius 3 is 2.24 bits per heavy atom. The number of hydrogen-bond acceptors (Lipinski definition) is 3. The Morgan fingerprint density at radius 1 is 0.711 bits per heavy atom. The van der Waals surface area contributed by atoms with Gasteiger partial charge in [0.15, 0.2) is 0 Å². The number of rotatable bonds is 4. The molecule has 0 saturated heterocycles. The number of hydrogen-bond donors (Lipinski definition) is 0. The van der Waals surface area contributed by atoms with Gasteiger partial charge in [-0.3, -0.25) is 4.98 Å². The first-order valence-corrected chi connectivity index (χ1v) is 14.5. The second-order valence-corrected chi connectivity index (χ2v) is 10.6. The average Bonchev–Trinajstić information content (AvgIpc) is 3.54. The SMILES string of the molecule is CC(C)c1cccc2c1oc1c3ccccc3nc(-c3[c-]cccc3)c21.[2H]c1c([2H])c([2H])c(-c2c[c-]c(-c3ccccn3)cc2)c([2H])c1[2H].[Ir]. The normalized spacial score (nSPS) is 12.5. The van der Waals surface area contributed by atoms with Crippen LogP contribution in [0.1, 0.15) is 32.2 Å². The number of aromatic nitrogens is 2. The van der Waals surface area contributed by atoms with E-state index in [-0.39, 0.29) is 49.8 Å². The van der Waals surface area contributed by atoms with Gasteiger partial charge >= 0.3 is 0 Å². The van der Waals surface area contributed by atoms with Gasteiger partial charge in [-0.05, 0) is 35.4 Å². The molecule has 3 heterocycles. The van der Waals surface area contributed by atoms with Crippen molar-refractivity contribution in [2.24, 2.45) is 0 Å². The number of fused-ring (bicyclic) bond motifs is 5. The van der Waals surface area contributed by atoms with Crippen molar-refractivity contribution in [2.75, 3.05) is 0 Å². The van der Waals surface area contributed by atoms with Crippen LogP contribution in [0.3, 0.4) is 0 Å². The van der Waals surface area contributed by atoms with Crippen molar-refractivity contribution in [1.29, 1.82) is 0 Å². The maximum atomic E-state index is 7.99. The fourth-order valence-corrected chi connectivity index (χ4v) is 5.35. The molecule has 221 valence electrons. The number of benzene rings is 5. The summed E-state index contributed by atoms with van der Waals surface area (Å²) in [6.07, 6.45) is 1.69. The van der Waals surface area contributed by atoms with Crippen LogP contribution >= 0.6 is 0 Å². The first-order valence-electron chi connectivity index (χ1n) is 17.0. The molecule has 0 N–H and O–H groups in total. The van der Waals surface area contributed by atoms with Gasteiger partial charge in [0.25, 0.3) is 0 Å². The van der Waals surface area contributed by atoms with Gasteiger partial charge in [0, 0.05) is 48.2 Å². The third-order valence-electron chi connectivity index (χ3n) is 7.49. The molecule has 0 saturated carbocycles. The predicted molar refractivity (Wildman–Crippen MR) is 181 cm³/mol. The van der Waals surface area contributed by atoms with Gasteiger partial charge in [0.1, 0.15) is 11.2 Å². The quantitative estimate of drug-likeness (QED) is 0.168. The third-order valence-corrected chi connectivity index (χ3v) is 7.49. The Balaban J connectivity index is 0.000000171. The zero-order valence-corrected chi connectivity index (χ0v) is 27.0. The largest absolute Gasteiger partial charge is 0.456 e. The van der Waals surface area contributed by atoms with Crippen LogP contribution in [0.25, 0.3) is 66.5 Å². The summed E-state index contributed by atoms with van der Waals surface area (Å²) in [6, 6.07) is 38.1. The second-order valence-electron chi connectivity index (χ2n) is 10.6. The molecule has 0 amide bonds. The summed E-state index contributed by atoms with van der Waals surface area (Å²) in [6.45, 7) is 4.40. The summed E-state index contributed by atoms with van der Waals surface area (Å²) in [5, 5.41) is 3.24. The predicted octanol–water partition coefficient (Wildman–Crippen LogP) is 10.9. The first kappa shape index (κ1) is 24.4. The first-order chi connectivity index (χ1) is 23.7. The van der Waals surface area contributed by atoms with E-state index in [1.54, 1.807) is 24.4 Å². The van der Waals surface area contributed by atoms with Crippen molar-refractivity contribution in [3.05, 3.63) is 157 Å². The van der Waals surface area contributed by atoms with Gasteiger partial charge in [0.05, 0.1) is 12.4 Å². The minimum Gasteiger partial charge on any atom is -0.456 e. The molecule has 8 rings (SSSR count). The van der Waals surface area contributed by atoms with Crippen molar-refractivity contribution in [1.82, 2.24) is 9.97 Å². The molecule has 3 nitrogen and oxygen atoms in total. The molecule has 0 bridgehead atoms. The molecule has 8 aromatic rings. The van der Waals surface area contributed by atoms with E-state index in [4.69, 9.17) is 16.3 Å². The number of para-hydroxylation sites is 2. The van der Waals surface area contributed by atoms with E-state index >= 15 is 0 Å². The van der Waals surface area contributed by atoms with E-state index in [0.29, 0.717) is 11.5 Å². The van der Waals surface area contributed by atoms with Crippen LogP contribution in [0, 0.1) is 12.1 Å². The Hall–Kier alpha value is -4.89. The van der Waals surface area contributed by atoms with E-state index in [0.717, 1.165) is 55.4 Å². The Bertz CT molecular complexity index is 2440. The summed E-state index contributed by atoms with van der Waals surface area (Å²) in [5.41, 5.74) is 8.21. The molecule has 3 aromatic heterocycles. The van der Waals surface area contributed by atoms with Crippen molar-refractivity contribution >= 4 is 32.8 Å². The summed E-state index contributed by atoms with van der Waals surface area (Å²) in [7, 11) is 0. The molecule has 0 aliphatic heterocycles. The molecule has 0 fully saturated rings. The summed E-state index contributed by atoms with van der Waals surface area (Å²) in [4.78, 5) is 9.22. The molecule has 0 atom stereocenters. The minimum atomic E-state index is -0.391. The summed E-state index contributed by atoms with van der Waals surface area (Å²) in [5.74, 6) is 0.394. The van der Waals surface area contributed by atoms with Crippen LogP contribution in [0.5, 0.6) is 0 Å². The van der Waals surface area contributed by atoms with Crippen molar-refractivity contribution < 1.29 is 31.4 Å². The fourth-order valence-electron chi connectivity index (χ4n) is 5.35. The summed E-state index contributed by atoms with van der Waals surface area (Å²) < 4.78 is 45.6. The molecule has 45 heavy (non-hydrogen) atoms. The maximum Gasteiger partial charge on any atom is 0.138 e. The van der Waals surface area contributed by atoms with Gasteiger partial charge in [-0.2, -0.15) is 0 Å². The number of furan rings is 1. The van der Waals surface area contributed by atoms with E-state index in [2.05, 4.69) is 61.3 Å². The van der Waals surface area contributed by atoms with Gasteiger partial charge in [0.2, 0.25) is 0 Å². The van der Waals surface area contributed by atoms with Crippen LogP contribution < -0.4 is 0 Å². The zero-order chi connectivity index (χ0) is 34.2. The molecule has 0 aliphatic rings. The van der Waals surface area contributed by atoms with Crippen LogP contribution in [0.4, 0.5) is 0 Å². The molecule has 1 radical (unpaired) electrons. The van der Waals surface area contributed by atoms with E-state index in [1.165, 1.54) is 5.56 Å². The number of pyridine rings is 2. The van der Waals surface area contributed by atoms with Gasteiger partial charge in [-0.15, -0.1) is 65.7 Å². The van der Waals surface area contributed by atoms with Crippen molar-refractivity contribution in [3.8, 4) is 33.6 Å². The Kier molecular flexibility index (Phi) is 7.27. The Labute approximate surface area is 284 Å². The van der Waals surface area contributed by atoms with Crippen LogP contribution in [-0.4, -0.2) is 9.97 Å². The molecule has 0 unspecified atom stereocenters. The van der Waals surface area contributed by atoms with Crippen molar-refractivity contribution in [3.63, 3.8) is 0 Å². The van der Waals surface area contributed by atoms with E-state index in [1.807, 2.05) is 54.6 Å². The van der Waals surface area contributed by atoms with Gasteiger partial charge in [-0.1, -0.05) is 97.7 Å². The third kappa shape index (κ3) is 6.08. The van der Waals surface area contributed by atoms with E-state index in [9.17, 15) is 0 Å². The van der Waals surface area contributed by atoms with Gasteiger partial charge < -0.3 is 9.40 Å². The maximum absolute atomic E-state index is 7.99. The monoisotopic (exact) mass is 764 g/mol. The van der Waals surface area contributed by atoms with Crippen molar-refractivity contribution in [2.45, 2.75) is 19.8 Å². The standard InChI is InChI=1S/C24H18NO.C17H12N.Ir/c1-15(2)17-12-8-13-19-21-22(16-9-4-3-5-10-16)25-20-14-7-6-11-18(20)24(21)26-23(17)19;1-2-6-14(7-3-1)15-9-11-16(12-10-15)17-8-4-5-13-18-17;/h3-9,11-15H,1-2H3;1-11,13H;/q2*-1;/i;1D,2D,3D,6D,7D;.